The van der Waals surface area contributed by atoms with E-state index in [-0.39, 0.29) is 0 Å². The number of hydrogen-bond donors (Lipinski definition) is 1. The second-order valence-corrected chi connectivity index (χ2v) is 5.22. The molecule has 1 N–H and O–H groups in total. The lowest BCUT2D eigenvalue weighted by molar-refractivity contribution is 0.675. The second-order valence-electron chi connectivity index (χ2n) is 5.22. The van der Waals surface area contributed by atoms with E-state index < -0.39 is 0 Å². The van der Waals surface area contributed by atoms with Crippen molar-refractivity contribution in [3.8, 4) is 0 Å². The van der Waals surface area contributed by atoms with Gasteiger partial charge in [-0.05, 0) is 42.0 Å². The number of aromatic nitrogens is 1. The van der Waals surface area contributed by atoms with Crippen molar-refractivity contribution in [1.82, 2.24) is 10.3 Å². The van der Waals surface area contributed by atoms with E-state index in [1.54, 1.807) is 5.56 Å². The lowest BCUT2D eigenvalue weighted by Gasteiger charge is -2.09. The van der Waals surface area contributed by atoms with Gasteiger partial charge >= 0.3 is 0 Å². The van der Waals surface area contributed by atoms with Gasteiger partial charge in [0.15, 0.2) is 0 Å². The molecule has 0 atom stereocenters. The summed E-state index contributed by atoms with van der Waals surface area (Å²) < 4.78 is 0. The van der Waals surface area contributed by atoms with Gasteiger partial charge in [0.05, 0.1) is 0 Å². The molecule has 1 fully saturated rings. The summed E-state index contributed by atoms with van der Waals surface area (Å²) in [6.45, 7) is 1.95. The van der Waals surface area contributed by atoms with Gasteiger partial charge in [0.1, 0.15) is 0 Å². The maximum Gasteiger partial charge on any atom is 0.0416 e. The molecule has 0 amide bonds. The first-order chi connectivity index (χ1) is 9.43. The van der Waals surface area contributed by atoms with E-state index in [1.807, 2.05) is 18.3 Å². The van der Waals surface area contributed by atoms with Crippen LogP contribution in [0.4, 0.5) is 0 Å². The molecule has 0 spiro atoms. The van der Waals surface area contributed by atoms with Crippen LogP contribution in [0.1, 0.15) is 35.6 Å². The average Bonchev–Trinajstić information content (AvgIpc) is 3.30. The second kappa shape index (κ2) is 5.98. The normalized spacial score (nSPS) is 14.5. The zero-order chi connectivity index (χ0) is 12.9. The van der Waals surface area contributed by atoms with Gasteiger partial charge in [-0.1, -0.05) is 30.3 Å². The van der Waals surface area contributed by atoms with E-state index in [9.17, 15) is 0 Å². The molecule has 0 aliphatic heterocycles. The molecule has 1 saturated carbocycles. The molecule has 3 rings (SSSR count). The number of rotatable bonds is 6. The fourth-order valence-electron chi connectivity index (χ4n) is 2.47. The maximum atomic E-state index is 4.34. The summed E-state index contributed by atoms with van der Waals surface area (Å²) in [4.78, 5) is 4.34. The van der Waals surface area contributed by atoms with Gasteiger partial charge in [0, 0.05) is 31.4 Å². The molecule has 1 heterocycles. The predicted molar refractivity (Wildman–Crippen MR) is 78.1 cm³/mol. The Hall–Kier alpha value is -1.67. The Labute approximate surface area is 114 Å². The van der Waals surface area contributed by atoms with Crippen LogP contribution in [0.25, 0.3) is 0 Å². The molecule has 0 bridgehead atoms. The van der Waals surface area contributed by atoms with E-state index in [1.165, 1.54) is 18.4 Å². The van der Waals surface area contributed by atoms with Crippen molar-refractivity contribution in [3.05, 3.63) is 65.5 Å². The molecule has 98 valence electrons. The fraction of sp³-hybridized carbons (Fsp3) is 0.353. The lowest BCUT2D eigenvalue weighted by atomic mass is 10.0. The summed E-state index contributed by atoms with van der Waals surface area (Å²) >= 11 is 0. The Bertz CT molecular complexity index is 518. The summed E-state index contributed by atoms with van der Waals surface area (Å²) in [5, 5.41) is 3.53. The summed E-state index contributed by atoms with van der Waals surface area (Å²) in [6.07, 6.45) is 5.58. The molecule has 2 heteroatoms. The van der Waals surface area contributed by atoms with Gasteiger partial charge in [-0.25, -0.2) is 0 Å². The van der Waals surface area contributed by atoms with Gasteiger partial charge < -0.3 is 5.32 Å². The van der Waals surface area contributed by atoms with E-state index >= 15 is 0 Å². The number of benzene rings is 1. The minimum atomic E-state index is 0.828. The molecule has 1 aliphatic carbocycles. The van der Waals surface area contributed by atoms with Crippen molar-refractivity contribution < 1.29 is 0 Å². The summed E-state index contributed by atoms with van der Waals surface area (Å²) in [6, 6.07) is 14.9. The molecular formula is C17H20N2. The highest BCUT2D eigenvalue weighted by atomic mass is 14.9. The summed E-state index contributed by atoms with van der Waals surface area (Å²) in [5.74, 6) is 0.828. The number of nitrogens with one attached hydrogen (secondary N) is 1. The van der Waals surface area contributed by atoms with E-state index in [0.717, 1.165) is 31.1 Å². The zero-order valence-corrected chi connectivity index (χ0v) is 11.2. The zero-order valence-electron chi connectivity index (χ0n) is 11.2. The molecule has 0 saturated heterocycles. The quantitative estimate of drug-likeness (QED) is 0.798. The van der Waals surface area contributed by atoms with Crippen molar-refractivity contribution >= 4 is 0 Å². The van der Waals surface area contributed by atoms with Crippen LogP contribution in [0.15, 0.2) is 48.7 Å². The molecule has 2 aromatic rings. The molecule has 0 unspecified atom stereocenters. The van der Waals surface area contributed by atoms with Crippen LogP contribution in [0, 0.1) is 0 Å². The van der Waals surface area contributed by atoms with Gasteiger partial charge in [-0.15, -0.1) is 0 Å². The highest BCUT2D eigenvalue weighted by Crippen LogP contribution is 2.41. The van der Waals surface area contributed by atoms with Crippen LogP contribution in [0.3, 0.4) is 0 Å². The maximum absolute atomic E-state index is 4.34. The fourth-order valence-corrected chi connectivity index (χ4v) is 2.47. The smallest absolute Gasteiger partial charge is 0.0416 e. The third-order valence-corrected chi connectivity index (χ3v) is 3.67. The Morgan fingerprint density at radius 1 is 1.05 bits per heavy atom. The predicted octanol–water partition coefficient (Wildman–Crippen LogP) is 3.29. The molecule has 2 nitrogen and oxygen atoms in total. The largest absolute Gasteiger partial charge is 0.312 e. The number of pyridine rings is 1. The third-order valence-electron chi connectivity index (χ3n) is 3.67. The SMILES string of the molecule is c1ccc(CCNCc2ccccc2C2CC2)nc1. The van der Waals surface area contributed by atoms with Crippen LogP contribution >= 0.6 is 0 Å². The third kappa shape index (κ3) is 3.42. The first-order valence-corrected chi connectivity index (χ1v) is 7.12. The van der Waals surface area contributed by atoms with E-state index in [4.69, 9.17) is 0 Å². The minimum Gasteiger partial charge on any atom is -0.312 e. The van der Waals surface area contributed by atoms with Gasteiger partial charge in [-0.3, -0.25) is 4.98 Å². The molecular weight excluding hydrogens is 232 g/mol. The van der Waals surface area contributed by atoms with Crippen molar-refractivity contribution in [3.63, 3.8) is 0 Å². The van der Waals surface area contributed by atoms with Crippen molar-refractivity contribution in [1.29, 1.82) is 0 Å². The van der Waals surface area contributed by atoms with Gasteiger partial charge in [-0.2, -0.15) is 0 Å². The Morgan fingerprint density at radius 3 is 2.68 bits per heavy atom. The van der Waals surface area contributed by atoms with Crippen molar-refractivity contribution in [2.75, 3.05) is 6.54 Å². The molecule has 1 aromatic heterocycles. The van der Waals surface area contributed by atoms with Crippen LogP contribution in [-0.4, -0.2) is 11.5 Å². The van der Waals surface area contributed by atoms with Crippen LogP contribution in [0.2, 0.25) is 0 Å². The van der Waals surface area contributed by atoms with Crippen LogP contribution < -0.4 is 5.32 Å². The first-order valence-electron chi connectivity index (χ1n) is 7.12. The first kappa shape index (κ1) is 12.4. The average molecular weight is 252 g/mol. The van der Waals surface area contributed by atoms with E-state index in [2.05, 4.69) is 40.6 Å². The summed E-state index contributed by atoms with van der Waals surface area (Å²) in [7, 11) is 0. The topological polar surface area (TPSA) is 24.9 Å². The molecule has 1 aromatic carbocycles. The van der Waals surface area contributed by atoms with Crippen molar-refractivity contribution in [2.45, 2.75) is 31.7 Å². The number of nitrogens with zero attached hydrogens (tertiary/aromatic N) is 1. The standard InChI is InChI=1S/C17H20N2/c1-2-7-17(14-8-9-14)15(5-1)13-18-12-10-16-6-3-4-11-19-16/h1-7,11,14,18H,8-10,12-13H2. The van der Waals surface area contributed by atoms with Crippen LogP contribution in [0.5, 0.6) is 0 Å². The summed E-state index contributed by atoms with van der Waals surface area (Å²) in [5.41, 5.74) is 4.17. The van der Waals surface area contributed by atoms with E-state index in [0.29, 0.717) is 0 Å². The lowest BCUT2D eigenvalue weighted by Crippen LogP contribution is -2.17. The number of hydrogen-bond acceptors (Lipinski definition) is 2. The van der Waals surface area contributed by atoms with Crippen molar-refractivity contribution in [2.24, 2.45) is 0 Å². The van der Waals surface area contributed by atoms with Gasteiger partial charge in [0.2, 0.25) is 0 Å². The molecule has 1 aliphatic rings. The monoisotopic (exact) mass is 252 g/mol. The van der Waals surface area contributed by atoms with Crippen LogP contribution in [-0.2, 0) is 13.0 Å². The minimum absolute atomic E-state index is 0.828. The molecule has 0 radical (unpaired) electrons. The highest BCUT2D eigenvalue weighted by Gasteiger charge is 2.25. The highest BCUT2D eigenvalue weighted by molar-refractivity contribution is 5.33. The Morgan fingerprint density at radius 2 is 1.89 bits per heavy atom. The molecule has 19 heavy (non-hydrogen) atoms. The Balaban J connectivity index is 1.50. The van der Waals surface area contributed by atoms with Gasteiger partial charge in [0.25, 0.3) is 0 Å². The Kier molecular flexibility index (Phi) is 3.89.